The van der Waals surface area contributed by atoms with Crippen molar-refractivity contribution in [2.75, 3.05) is 10.6 Å². The van der Waals surface area contributed by atoms with Crippen molar-refractivity contribution < 1.29 is 9.59 Å². The fourth-order valence-electron chi connectivity index (χ4n) is 2.29. The number of rotatable bonds is 5. The van der Waals surface area contributed by atoms with Crippen molar-refractivity contribution in [1.82, 2.24) is 5.32 Å². The van der Waals surface area contributed by atoms with E-state index in [0.717, 1.165) is 11.3 Å². The maximum Gasteiger partial charge on any atom is 0.319 e. The fourth-order valence-corrected chi connectivity index (χ4v) is 2.29. The molecule has 1 atom stereocenters. The molecule has 2 aromatic carbocycles. The number of hydrogen-bond donors (Lipinski definition) is 3. The average molecular weight is 325 g/mol. The third-order valence-electron chi connectivity index (χ3n) is 3.67. The lowest BCUT2D eigenvalue weighted by Gasteiger charge is -2.22. The van der Waals surface area contributed by atoms with Crippen LogP contribution in [0.15, 0.2) is 54.6 Å². The van der Waals surface area contributed by atoms with Crippen molar-refractivity contribution in [2.45, 2.75) is 26.8 Å². The lowest BCUT2D eigenvalue weighted by Crippen LogP contribution is -2.48. The summed E-state index contributed by atoms with van der Waals surface area (Å²) < 4.78 is 0. The van der Waals surface area contributed by atoms with E-state index in [4.69, 9.17) is 0 Å². The summed E-state index contributed by atoms with van der Waals surface area (Å²) in [6.45, 7) is 5.71. The number of amides is 3. The van der Waals surface area contributed by atoms with Crippen LogP contribution in [0.1, 0.15) is 19.4 Å². The Morgan fingerprint density at radius 1 is 0.875 bits per heavy atom. The minimum Gasteiger partial charge on any atom is -0.326 e. The zero-order valence-electron chi connectivity index (χ0n) is 14.2. The molecule has 0 unspecified atom stereocenters. The fraction of sp³-hybridized carbons (Fsp3) is 0.263. The Morgan fingerprint density at radius 3 is 2.12 bits per heavy atom. The number of benzene rings is 2. The van der Waals surface area contributed by atoms with E-state index in [0.29, 0.717) is 5.69 Å². The smallest absolute Gasteiger partial charge is 0.319 e. The average Bonchev–Trinajstić information content (AvgIpc) is 2.55. The molecule has 126 valence electrons. The molecule has 0 saturated heterocycles. The minimum atomic E-state index is -0.631. The Labute approximate surface area is 142 Å². The standard InChI is InChI=1S/C19H23N3O2/c1-13(2)17(18(23)21-16-12-8-7-9-14(16)3)22-19(24)20-15-10-5-4-6-11-15/h4-13,17H,1-3H3,(H,21,23)(H2,20,22,24)/t17-/m1/s1. The van der Waals surface area contributed by atoms with Gasteiger partial charge in [-0.1, -0.05) is 50.2 Å². The third-order valence-corrected chi connectivity index (χ3v) is 3.67. The molecule has 0 radical (unpaired) electrons. The number of carbonyl (C=O) groups is 2. The molecule has 2 aromatic rings. The van der Waals surface area contributed by atoms with Gasteiger partial charge in [0.05, 0.1) is 0 Å². The van der Waals surface area contributed by atoms with Crippen molar-refractivity contribution in [1.29, 1.82) is 0 Å². The zero-order chi connectivity index (χ0) is 17.5. The first-order valence-electron chi connectivity index (χ1n) is 7.96. The molecule has 0 heterocycles. The Morgan fingerprint density at radius 2 is 1.50 bits per heavy atom. The van der Waals surface area contributed by atoms with E-state index >= 15 is 0 Å². The van der Waals surface area contributed by atoms with Crippen LogP contribution in [0.5, 0.6) is 0 Å². The van der Waals surface area contributed by atoms with Gasteiger partial charge in [0.2, 0.25) is 5.91 Å². The highest BCUT2D eigenvalue weighted by molar-refractivity contribution is 5.99. The van der Waals surface area contributed by atoms with Crippen molar-refractivity contribution in [3.63, 3.8) is 0 Å². The monoisotopic (exact) mass is 325 g/mol. The molecule has 5 heteroatoms. The molecular weight excluding hydrogens is 302 g/mol. The molecule has 0 fully saturated rings. The first kappa shape index (κ1) is 17.5. The molecule has 0 bridgehead atoms. The summed E-state index contributed by atoms with van der Waals surface area (Å²) in [6, 6.07) is 15.6. The summed E-state index contributed by atoms with van der Waals surface area (Å²) in [7, 11) is 0. The van der Waals surface area contributed by atoms with E-state index in [9.17, 15) is 9.59 Å². The van der Waals surface area contributed by atoms with E-state index in [2.05, 4.69) is 16.0 Å². The maximum absolute atomic E-state index is 12.5. The number of anilines is 2. The topological polar surface area (TPSA) is 70.2 Å². The van der Waals surface area contributed by atoms with Gasteiger partial charge < -0.3 is 16.0 Å². The number of aryl methyl sites for hydroxylation is 1. The molecule has 0 aliphatic carbocycles. The highest BCUT2D eigenvalue weighted by Gasteiger charge is 2.24. The van der Waals surface area contributed by atoms with Gasteiger partial charge in [-0.15, -0.1) is 0 Å². The Kier molecular flexibility index (Phi) is 5.95. The van der Waals surface area contributed by atoms with Crippen molar-refractivity contribution in [2.24, 2.45) is 5.92 Å². The molecule has 0 spiro atoms. The van der Waals surface area contributed by atoms with Gasteiger partial charge >= 0.3 is 6.03 Å². The highest BCUT2D eigenvalue weighted by Crippen LogP contribution is 2.15. The van der Waals surface area contributed by atoms with Crippen LogP contribution in [0.25, 0.3) is 0 Å². The highest BCUT2D eigenvalue weighted by atomic mass is 16.2. The SMILES string of the molecule is Cc1ccccc1NC(=O)[C@H](NC(=O)Nc1ccccc1)C(C)C. The van der Waals surface area contributed by atoms with Gasteiger partial charge in [0.25, 0.3) is 0 Å². The number of para-hydroxylation sites is 2. The molecule has 0 aliphatic rings. The maximum atomic E-state index is 12.5. The predicted molar refractivity (Wildman–Crippen MR) is 97.0 cm³/mol. The predicted octanol–water partition coefficient (Wildman–Crippen LogP) is 3.78. The Hall–Kier alpha value is -2.82. The van der Waals surface area contributed by atoms with Gasteiger partial charge in [0.1, 0.15) is 6.04 Å². The van der Waals surface area contributed by atoms with Gasteiger partial charge in [-0.25, -0.2) is 4.79 Å². The van der Waals surface area contributed by atoms with Gasteiger partial charge in [0.15, 0.2) is 0 Å². The Bertz CT molecular complexity index is 699. The summed E-state index contributed by atoms with van der Waals surface area (Å²) in [5, 5.41) is 8.35. The van der Waals surface area contributed by atoms with Crippen LogP contribution in [0.4, 0.5) is 16.2 Å². The summed E-state index contributed by atoms with van der Waals surface area (Å²) in [6.07, 6.45) is 0. The van der Waals surface area contributed by atoms with Gasteiger partial charge in [-0.05, 0) is 36.6 Å². The van der Waals surface area contributed by atoms with Gasteiger partial charge in [-0.3, -0.25) is 4.79 Å². The van der Waals surface area contributed by atoms with Gasteiger partial charge in [-0.2, -0.15) is 0 Å². The van der Waals surface area contributed by atoms with E-state index in [-0.39, 0.29) is 11.8 Å². The number of hydrogen-bond acceptors (Lipinski definition) is 2. The van der Waals surface area contributed by atoms with Crippen LogP contribution in [-0.2, 0) is 4.79 Å². The van der Waals surface area contributed by atoms with E-state index in [1.54, 1.807) is 12.1 Å². The van der Waals surface area contributed by atoms with Crippen LogP contribution < -0.4 is 16.0 Å². The molecule has 3 amide bonds. The molecule has 0 aromatic heterocycles. The molecule has 3 N–H and O–H groups in total. The molecule has 0 saturated carbocycles. The second-order valence-corrected chi connectivity index (χ2v) is 5.99. The largest absolute Gasteiger partial charge is 0.326 e. The van der Waals surface area contributed by atoms with E-state index in [1.165, 1.54) is 0 Å². The zero-order valence-corrected chi connectivity index (χ0v) is 14.2. The number of carbonyl (C=O) groups excluding carboxylic acids is 2. The normalized spacial score (nSPS) is 11.7. The van der Waals surface area contributed by atoms with Gasteiger partial charge in [0, 0.05) is 11.4 Å². The second kappa shape index (κ2) is 8.15. The second-order valence-electron chi connectivity index (χ2n) is 5.99. The van der Waals surface area contributed by atoms with E-state index in [1.807, 2.05) is 63.2 Å². The number of nitrogens with one attached hydrogen (secondary N) is 3. The summed E-state index contributed by atoms with van der Waals surface area (Å²) in [4.78, 5) is 24.7. The van der Waals surface area contributed by atoms with Crippen LogP contribution in [0.2, 0.25) is 0 Å². The summed E-state index contributed by atoms with van der Waals surface area (Å²) in [5.41, 5.74) is 2.40. The lowest BCUT2D eigenvalue weighted by atomic mass is 10.0. The third kappa shape index (κ3) is 4.84. The lowest BCUT2D eigenvalue weighted by molar-refractivity contribution is -0.118. The first-order valence-corrected chi connectivity index (χ1v) is 7.96. The number of urea groups is 1. The summed E-state index contributed by atoms with van der Waals surface area (Å²) >= 11 is 0. The Balaban J connectivity index is 2.02. The molecule has 5 nitrogen and oxygen atoms in total. The summed E-state index contributed by atoms with van der Waals surface area (Å²) in [5.74, 6) is -0.280. The van der Waals surface area contributed by atoms with Crippen LogP contribution in [0.3, 0.4) is 0 Å². The van der Waals surface area contributed by atoms with Crippen molar-refractivity contribution in [3.05, 3.63) is 60.2 Å². The quantitative estimate of drug-likeness (QED) is 0.783. The molecule has 0 aliphatic heterocycles. The van der Waals surface area contributed by atoms with Crippen LogP contribution >= 0.6 is 0 Å². The van der Waals surface area contributed by atoms with Crippen molar-refractivity contribution >= 4 is 23.3 Å². The molecule has 24 heavy (non-hydrogen) atoms. The van der Waals surface area contributed by atoms with Crippen LogP contribution in [0, 0.1) is 12.8 Å². The molecular formula is C19H23N3O2. The van der Waals surface area contributed by atoms with Crippen LogP contribution in [-0.4, -0.2) is 18.0 Å². The minimum absolute atomic E-state index is 0.0458. The van der Waals surface area contributed by atoms with Crippen molar-refractivity contribution in [3.8, 4) is 0 Å². The first-order chi connectivity index (χ1) is 11.5. The molecule has 2 rings (SSSR count). The van der Waals surface area contributed by atoms with E-state index < -0.39 is 12.1 Å².